The molecule has 178 valence electrons. The minimum Gasteiger partial charge on any atom is -0.496 e. The molecule has 0 radical (unpaired) electrons. The van der Waals surface area contributed by atoms with Gasteiger partial charge in [-0.05, 0) is 38.3 Å². The minimum atomic E-state index is -0.233. The molecule has 2 N–H and O–H groups in total. The van der Waals surface area contributed by atoms with Crippen LogP contribution in [0, 0.1) is 0 Å². The van der Waals surface area contributed by atoms with Crippen LogP contribution in [-0.4, -0.2) is 87.8 Å². The Morgan fingerprint density at radius 1 is 1.19 bits per heavy atom. The second-order valence-electron chi connectivity index (χ2n) is 8.42. The monoisotopic (exact) mass is 466 g/mol. The summed E-state index contributed by atoms with van der Waals surface area (Å²) in [6.07, 6.45) is 4.33. The Balaban J connectivity index is 1.52. The van der Waals surface area contributed by atoms with Crippen molar-refractivity contribution < 1.29 is 19.1 Å². The number of benzene rings is 1. The van der Waals surface area contributed by atoms with E-state index in [0.717, 1.165) is 58.4 Å². The highest BCUT2D eigenvalue weighted by atomic mass is 35.5. The zero-order valence-corrected chi connectivity index (χ0v) is 20.0. The van der Waals surface area contributed by atoms with Crippen LogP contribution < -0.4 is 15.4 Å². The highest BCUT2D eigenvalue weighted by Gasteiger charge is 2.31. The normalized spacial score (nSPS) is 21.4. The largest absolute Gasteiger partial charge is 0.496 e. The SMILES string of the molecule is CNc1cc(OC)c(C(=O)NC2CCN(CCCC(=O)N3CCCC3)CC2OC)cc1Cl. The Hall–Kier alpha value is -2.03. The van der Waals surface area contributed by atoms with E-state index in [4.69, 9.17) is 21.1 Å². The van der Waals surface area contributed by atoms with E-state index in [1.165, 1.54) is 7.11 Å². The molecular formula is C23H35ClN4O4. The molecule has 8 nitrogen and oxygen atoms in total. The lowest BCUT2D eigenvalue weighted by Crippen LogP contribution is -2.55. The molecule has 2 unspecified atom stereocenters. The molecule has 1 aromatic rings. The van der Waals surface area contributed by atoms with Crippen LogP contribution in [0.3, 0.4) is 0 Å². The molecule has 2 fully saturated rings. The first-order valence-electron chi connectivity index (χ1n) is 11.4. The summed E-state index contributed by atoms with van der Waals surface area (Å²) in [4.78, 5) is 29.5. The molecule has 9 heteroatoms. The van der Waals surface area contributed by atoms with Crippen molar-refractivity contribution in [2.24, 2.45) is 0 Å². The molecule has 2 saturated heterocycles. The van der Waals surface area contributed by atoms with Crippen LogP contribution in [-0.2, 0) is 9.53 Å². The Kier molecular flexibility index (Phi) is 9.02. The third kappa shape index (κ3) is 6.05. The molecule has 2 aliphatic heterocycles. The summed E-state index contributed by atoms with van der Waals surface area (Å²) >= 11 is 6.28. The van der Waals surface area contributed by atoms with Gasteiger partial charge < -0.3 is 29.9 Å². The zero-order chi connectivity index (χ0) is 23.1. The highest BCUT2D eigenvalue weighted by molar-refractivity contribution is 6.33. The van der Waals surface area contributed by atoms with Crippen LogP contribution in [0.2, 0.25) is 5.02 Å². The van der Waals surface area contributed by atoms with Crippen molar-refractivity contribution in [2.75, 3.05) is 59.3 Å². The van der Waals surface area contributed by atoms with E-state index in [0.29, 0.717) is 28.4 Å². The second-order valence-corrected chi connectivity index (χ2v) is 8.82. The van der Waals surface area contributed by atoms with Gasteiger partial charge in [-0.2, -0.15) is 0 Å². The maximum absolute atomic E-state index is 13.0. The first-order valence-corrected chi connectivity index (χ1v) is 11.7. The molecule has 32 heavy (non-hydrogen) atoms. The van der Waals surface area contributed by atoms with E-state index in [1.54, 1.807) is 26.3 Å². The number of hydrogen-bond acceptors (Lipinski definition) is 6. The maximum atomic E-state index is 13.0. The molecule has 0 spiro atoms. The molecule has 2 amide bonds. The number of anilines is 1. The lowest BCUT2D eigenvalue weighted by molar-refractivity contribution is -0.130. The van der Waals surface area contributed by atoms with Gasteiger partial charge in [0.2, 0.25) is 5.91 Å². The molecule has 0 aromatic heterocycles. The second kappa shape index (κ2) is 11.7. The number of nitrogens with zero attached hydrogens (tertiary/aromatic N) is 2. The number of hydrogen-bond donors (Lipinski definition) is 2. The Bertz CT molecular complexity index is 800. The first kappa shape index (κ1) is 24.6. The molecular weight excluding hydrogens is 432 g/mol. The van der Waals surface area contributed by atoms with Gasteiger partial charge in [-0.15, -0.1) is 0 Å². The van der Waals surface area contributed by atoms with Gasteiger partial charge in [0.15, 0.2) is 0 Å². The van der Waals surface area contributed by atoms with Gasteiger partial charge >= 0.3 is 0 Å². The van der Waals surface area contributed by atoms with E-state index in [-0.39, 0.29) is 24.0 Å². The number of likely N-dealkylation sites (tertiary alicyclic amines) is 2. The Morgan fingerprint density at radius 3 is 2.59 bits per heavy atom. The number of piperidine rings is 1. The summed E-state index contributed by atoms with van der Waals surface area (Å²) < 4.78 is 11.1. The van der Waals surface area contributed by atoms with E-state index < -0.39 is 0 Å². The number of halogens is 1. The molecule has 0 aliphatic carbocycles. The van der Waals surface area contributed by atoms with Crippen molar-refractivity contribution in [2.45, 2.75) is 44.2 Å². The van der Waals surface area contributed by atoms with Crippen LogP contribution in [0.15, 0.2) is 12.1 Å². The van der Waals surface area contributed by atoms with E-state index in [2.05, 4.69) is 15.5 Å². The third-order valence-corrected chi connectivity index (χ3v) is 6.70. The Labute approximate surface area is 195 Å². The predicted octanol–water partition coefficient (Wildman–Crippen LogP) is 2.61. The fourth-order valence-electron chi connectivity index (χ4n) is 4.50. The summed E-state index contributed by atoms with van der Waals surface area (Å²) in [7, 11) is 4.97. The number of rotatable bonds is 9. The summed E-state index contributed by atoms with van der Waals surface area (Å²) in [6, 6.07) is 3.23. The summed E-state index contributed by atoms with van der Waals surface area (Å²) in [5, 5.41) is 6.54. The minimum absolute atomic E-state index is 0.109. The number of carbonyl (C=O) groups is 2. The highest BCUT2D eigenvalue weighted by Crippen LogP contribution is 2.31. The fourth-order valence-corrected chi connectivity index (χ4v) is 4.76. The van der Waals surface area contributed by atoms with Crippen molar-refractivity contribution in [3.8, 4) is 5.75 Å². The summed E-state index contributed by atoms with van der Waals surface area (Å²) in [6.45, 7) is 4.23. The van der Waals surface area contributed by atoms with Crippen LogP contribution in [0.5, 0.6) is 5.75 Å². The van der Waals surface area contributed by atoms with Crippen molar-refractivity contribution in [1.29, 1.82) is 0 Å². The summed E-state index contributed by atoms with van der Waals surface area (Å²) in [5.41, 5.74) is 1.10. The van der Waals surface area contributed by atoms with Gasteiger partial charge in [0.05, 0.1) is 35.5 Å². The van der Waals surface area contributed by atoms with E-state index >= 15 is 0 Å². The number of nitrogens with one attached hydrogen (secondary N) is 2. The van der Waals surface area contributed by atoms with Gasteiger partial charge in [0.25, 0.3) is 5.91 Å². The smallest absolute Gasteiger partial charge is 0.255 e. The quantitative estimate of drug-likeness (QED) is 0.582. The molecule has 0 saturated carbocycles. The first-order chi connectivity index (χ1) is 15.5. The number of methoxy groups -OCH3 is 2. The van der Waals surface area contributed by atoms with Gasteiger partial charge in [0, 0.05) is 52.8 Å². The van der Waals surface area contributed by atoms with Crippen LogP contribution >= 0.6 is 11.6 Å². The van der Waals surface area contributed by atoms with E-state index in [9.17, 15) is 9.59 Å². The summed E-state index contributed by atoms with van der Waals surface area (Å²) in [5.74, 6) is 0.498. The predicted molar refractivity (Wildman–Crippen MR) is 126 cm³/mol. The van der Waals surface area contributed by atoms with Crippen LogP contribution in [0.1, 0.15) is 42.5 Å². The molecule has 1 aromatic carbocycles. The van der Waals surface area contributed by atoms with Crippen molar-refractivity contribution in [3.05, 3.63) is 22.7 Å². The number of ether oxygens (including phenoxy) is 2. The van der Waals surface area contributed by atoms with E-state index in [1.807, 2.05) is 4.90 Å². The van der Waals surface area contributed by atoms with Crippen LogP contribution in [0.4, 0.5) is 5.69 Å². The van der Waals surface area contributed by atoms with Crippen molar-refractivity contribution in [1.82, 2.24) is 15.1 Å². The third-order valence-electron chi connectivity index (χ3n) is 6.39. The van der Waals surface area contributed by atoms with Crippen molar-refractivity contribution >= 4 is 29.1 Å². The Morgan fingerprint density at radius 2 is 1.94 bits per heavy atom. The van der Waals surface area contributed by atoms with Crippen LogP contribution in [0.25, 0.3) is 0 Å². The number of amides is 2. The van der Waals surface area contributed by atoms with Crippen molar-refractivity contribution in [3.63, 3.8) is 0 Å². The molecule has 2 aliphatic rings. The van der Waals surface area contributed by atoms with Gasteiger partial charge in [-0.3, -0.25) is 9.59 Å². The molecule has 0 bridgehead atoms. The maximum Gasteiger partial charge on any atom is 0.255 e. The van der Waals surface area contributed by atoms with Gasteiger partial charge in [-0.25, -0.2) is 0 Å². The number of carbonyl (C=O) groups excluding carboxylic acids is 2. The molecule has 3 rings (SSSR count). The van der Waals surface area contributed by atoms with Gasteiger partial charge in [0.1, 0.15) is 5.75 Å². The average Bonchev–Trinajstić information content (AvgIpc) is 3.34. The standard InChI is InChI=1S/C23H35ClN4O4/c1-25-19-14-20(31-2)16(13-17(19)24)23(30)26-18-8-12-27(15-21(18)32-3)9-6-7-22(29)28-10-4-5-11-28/h13-14,18,21,25H,4-12,15H2,1-3H3,(H,26,30). The van der Waals surface area contributed by atoms with Gasteiger partial charge in [-0.1, -0.05) is 11.6 Å². The topological polar surface area (TPSA) is 83.1 Å². The fraction of sp³-hybridized carbons (Fsp3) is 0.652. The zero-order valence-electron chi connectivity index (χ0n) is 19.3. The average molecular weight is 467 g/mol. The molecule has 2 heterocycles. The lowest BCUT2D eigenvalue weighted by atomic mass is 10.0. The molecule has 2 atom stereocenters. The lowest BCUT2D eigenvalue weighted by Gasteiger charge is -2.38.